The van der Waals surface area contributed by atoms with Crippen LogP contribution in [0.2, 0.25) is 0 Å². The minimum absolute atomic E-state index is 0.783. The first-order valence-electron chi connectivity index (χ1n) is 10.7. The van der Waals surface area contributed by atoms with E-state index in [0.717, 1.165) is 12.3 Å². The summed E-state index contributed by atoms with van der Waals surface area (Å²) in [4.78, 5) is 0. The summed E-state index contributed by atoms with van der Waals surface area (Å²) in [6.45, 7) is 22.7. The molecule has 0 unspecified atom stereocenters. The molecular weight excluding hydrogens is 324 g/mol. The molecule has 27 heavy (non-hydrogen) atoms. The summed E-state index contributed by atoms with van der Waals surface area (Å²) in [6, 6.07) is 9.05. The maximum atomic E-state index is 3.56. The van der Waals surface area contributed by atoms with E-state index in [1.807, 2.05) is 13.8 Å². The minimum atomic E-state index is 0.783. The van der Waals surface area contributed by atoms with Crippen molar-refractivity contribution in [1.82, 2.24) is 0 Å². The lowest BCUT2D eigenvalue weighted by Crippen LogP contribution is -1.97. The van der Waals surface area contributed by atoms with Crippen molar-refractivity contribution in [3.05, 3.63) is 70.8 Å². The largest absolute Gasteiger partial charge is 0.100 e. The van der Waals surface area contributed by atoms with E-state index in [2.05, 4.69) is 91.5 Å². The average molecular weight is 371 g/mol. The van der Waals surface area contributed by atoms with Crippen molar-refractivity contribution in [2.75, 3.05) is 0 Å². The van der Waals surface area contributed by atoms with Crippen LogP contribution in [-0.2, 0) is 0 Å². The van der Waals surface area contributed by atoms with Crippen molar-refractivity contribution in [3.63, 3.8) is 0 Å². The molecule has 0 radical (unpaired) electrons. The van der Waals surface area contributed by atoms with Gasteiger partial charge in [-0.25, -0.2) is 0 Å². The van der Waals surface area contributed by atoms with Gasteiger partial charge in [-0.05, 0) is 72.3 Å². The molecule has 0 saturated carbocycles. The molecule has 0 heterocycles. The number of rotatable bonds is 7. The van der Waals surface area contributed by atoms with E-state index in [-0.39, 0.29) is 0 Å². The number of hydrogen-bond donors (Lipinski definition) is 0. The van der Waals surface area contributed by atoms with Crippen LogP contribution >= 0.6 is 0 Å². The number of allylic oxidation sites excluding steroid dienone is 5. The molecule has 0 bridgehead atoms. The lowest BCUT2D eigenvalue weighted by molar-refractivity contribution is 0.561. The van der Waals surface area contributed by atoms with Gasteiger partial charge in [0.2, 0.25) is 0 Å². The molecule has 0 aromatic heterocycles. The van der Waals surface area contributed by atoms with Gasteiger partial charge in [0.15, 0.2) is 0 Å². The van der Waals surface area contributed by atoms with E-state index >= 15 is 0 Å². The van der Waals surface area contributed by atoms with Gasteiger partial charge in [0.05, 0.1) is 0 Å². The second-order valence-electron chi connectivity index (χ2n) is 8.00. The SMILES string of the molecule is C=C(C)C.CC/C(C)=C/C=C(C)C.CCCC(CCC)c1ccc(C)cc1. The molecule has 0 saturated heterocycles. The summed E-state index contributed by atoms with van der Waals surface area (Å²) >= 11 is 0. The molecule has 0 atom stereocenters. The lowest BCUT2D eigenvalue weighted by Gasteiger charge is -2.15. The molecule has 0 aliphatic carbocycles. The zero-order valence-electron chi connectivity index (χ0n) is 19.8. The third-order valence-electron chi connectivity index (χ3n) is 4.08. The van der Waals surface area contributed by atoms with Crippen molar-refractivity contribution in [2.24, 2.45) is 0 Å². The molecule has 1 aromatic carbocycles. The predicted octanol–water partition coefficient (Wildman–Crippen LogP) is 9.57. The lowest BCUT2D eigenvalue weighted by atomic mass is 9.90. The van der Waals surface area contributed by atoms with Crippen molar-refractivity contribution in [3.8, 4) is 0 Å². The predicted molar refractivity (Wildman–Crippen MR) is 128 cm³/mol. The first kappa shape index (κ1) is 27.7. The second-order valence-corrected chi connectivity index (χ2v) is 8.00. The Labute approximate surface area is 171 Å². The van der Waals surface area contributed by atoms with Crippen LogP contribution in [0, 0.1) is 6.92 Å². The molecule has 0 N–H and O–H groups in total. The normalized spacial score (nSPS) is 10.4. The van der Waals surface area contributed by atoms with Crippen molar-refractivity contribution in [2.45, 2.75) is 100 Å². The molecule has 0 fully saturated rings. The third-order valence-corrected chi connectivity index (χ3v) is 4.08. The molecule has 0 amide bonds. The van der Waals surface area contributed by atoms with Gasteiger partial charge in [-0.2, -0.15) is 0 Å². The highest BCUT2D eigenvalue weighted by atomic mass is 14.1. The van der Waals surface area contributed by atoms with Crippen molar-refractivity contribution < 1.29 is 0 Å². The highest BCUT2D eigenvalue weighted by Gasteiger charge is 2.08. The summed E-state index contributed by atoms with van der Waals surface area (Å²) in [5.74, 6) is 0.783. The van der Waals surface area contributed by atoms with E-state index in [1.54, 1.807) is 0 Å². The molecule has 0 spiro atoms. The Bertz CT molecular complexity index is 526. The van der Waals surface area contributed by atoms with E-state index < -0.39 is 0 Å². The summed E-state index contributed by atoms with van der Waals surface area (Å²) in [6.07, 6.45) is 10.7. The number of hydrogen-bond acceptors (Lipinski definition) is 0. The Morgan fingerprint density at radius 1 is 0.852 bits per heavy atom. The molecule has 0 aliphatic heterocycles. The van der Waals surface area contributed by atoms with Crippen LogP contribution in [0.15, 0.2) is 59.7 Å². The fourth-order valence-electron chi connectivity index (χ4n) is 2.44. The van der Waals surface area contributed by atoms with E-state index in [9.17, 15) is 0 Å². The van der Waals surface area contributed by atoms with Gasteiger partial charge in [-0.15, -0.1) is 6.58 Å². The van der Waals surface area contributed by atoms with Crippen LogP contribution in [0.25, 0.3) is 0 Å². The Morgan fingerprint density at radius 3 is 1.63 bits per heavy atom. The monoisotopic (exact) mass is 370 g/mol. The highest BCUT2D eigenvalue weighted by Crippen LogP contribution is 2.26. The zero-order chi connectivity index (χ0) is 21.2. The third kappa shape index (κ3) is 19.0. The smallest absolute Gasteiger partial charge is 0.0162 e. The first-order chi connectivity index (χ1) is 12.7. The quantitative estimate of drug-likeness (QED) is 0.331. The van der Waals surface area contributed by atoms with Gasteiger partial charge < -0.3 is 0 Å². The Morgan fingerprint density at radius 2 is 1.30 bits per heavy atom. The number of benzene rings is 1. The summed E-state index contributed by atoms with van der Waals surface area (Å²) in [5, 5.41) is 0. The van der Waals surface area contributed by atoms with Crippen molar-refractivity contribution in [1.29, 1.82) is 0 Å². The Balaban J connectivity index is 0. The van der Waals surface area contributed by atoms with Crippen LogP contribution in [0.1, 0.15) is 105 Å². The molecule has 1 aromatic rings. The van der Waals surface area contributed by atoms with Gasteiger partial charge in [0, 0.05) is 0 Å². The van der Waals surface area contributed by atoms with Gasteiger partial charge in [-0.1, -0.05) is 92.3 Å². The van der Waals surface area contributed by atoms with Crippen LogP contribution < -0.4 is 0 Å². The fraction of sp³-hybridized carbons (Fsp3) is 0.556. The summed E-state index contributed by atoms with van der Waals surface area (Å²) in [7, 11) is 0. The Kier molecular flexibility index (Phi) is 18.3. The van der Waals surface area contributed by atoms with E-state index in [0.29, 0.717) is 0 Å². The van der Waals surface area contributed by atoms with Crippen molar-refractivity contribution >= 4 is 0 Å². The molecule has 1 rings (SSSR count). The van der Waals surface area contributed by atoms with Gasteiger partial charge in [0.1, 0.15) is 0 Å². The topological polar surface area (TPSA) is 0 Å². The summed E-state index contributed by atoms with van der Waals surface area (Å²) in [5.41, 5.74) is 6.86. The van der Waals surface area contributed by atoms with Gasteiger partial charge >= 0.3 is 0 Å². The standard InChI is InChI=1S/C14H22.C9H16.C4H8/c1-4-6-13(7-5-2)14-10-8-12(3)9-11-14;1-5-9(4)7-6-8(2)3;1-4(2)3/h8-11,13H,4-7H2,1-3H3;6-7H,5H2,1-4H3;1H2,2-3H3/b;9-7+;. The minimum Gasteiger partial charge on any atom is -0.100 e. The molecule has 154 valence electrons. The van der Waals surface area contributed by atoms with E-state index in [4.69, 9.17) is 0 Å². The van der Waals surface area contributed by atoms with Crippen LogP contribution in [-0.4, -0.2) is 0 Å². The van der Waals surface area contributed by atoms with Crippen LogP contribution in [0.5, 0.6) is 0 Å². The summed E-state index contributed by atoms with van der Waals surface area (Å²) < 4.78 is 0. The van der Waals surface area contributed by atoms with Gasteiger partial charge in [0.25, 0.3) is 0 Å². The maximum absolute atomic E-state index is 3.56. The zero-order valence-corrected chi connectivity index (χ0v) is 19.8. The van der Waals surface area contributed by atoms with Crippen LogP contribution in [0.3, 0.4) is 0 Å². The Hall–Kier alpha value is -1.56. The molecule has 0 aliphatic rings. The second kappa shape index (κ2) is 17.8. The maximum Gasteiger partial charge on any atom is -0.0162 e. The number of aryl methyl sites for hydroxylation is 1. The molecule has 0 heteroatoms. The van der Waals surface area contributed by atoms with Gasteiger partial charge in [-0.3, -0.25) is 0 Å². The molecular formula is C27H46. The van der Waals surface area contributed by atoms with E-state index in [1.165, 1.54) is 53.5 Å². The average Bonchev–Trinajstić information content (AvgIpc) is 2.60. The first-order valence-corrected chi connectivity index (χ1v) is 10.7. The fourth-order valence-corrected chi connectivity index (χ4v) is 2.44. The highest BCUT2D eigenvalue weighted by molar-refractivity contribution is 5.24. The van der Waals surface area contributed by atoms with Crippen LogP contribution in [0.4, 0.5) is 0 Å². The molecule has 0 nitrogen and oxygen atoms in total.